The predicted molar refractivity (Wildman–Crippen MR) is 44.5 cm³/mol. The standard InChI is InChI=1S/C9H12FNO/c1-11(12)6-5-8-3-2-4-9(10)7-8/h2-4,7,12H,5-6H2,1H3. The van der Waals surface area contributed by atoms with Gasteiger partial charge in [-0.2, -0.15) is 5.06 Å². The number of halogens is 1. The fourth-order valence-electron chi connectivity index (χ4n) is 0.983. The molecule has 0 saturated heterocycles. The van der Waals surface area contributed by atoms with Gasteiger partial charge in [0.1, 0.15) is 5.82 Å². The van der Waals surface area contributed by atoms with Crippen LogP contribution in [-0.4, -0.2) is 23.9 Å². The highest BCUT2D eigenvalue weighted by Crippen LogP contribution is 2.03. The molecular weight excluding hydrogens is 157 g/mol. The fourth-order valence-corrected chi connectivity index (χ4v) is 0.983. The first-order valence-electron chi connectivity index (χ1n) is 3.83. The number of benzene rings is 1. The van der Waals surface area contributed by atoms with Crippen molar-refractivity contribution in [3.8, 4) is 0 Å². The smallest absolute Gasteiger partial charge is 0.123 e. The third-order valence-electron chi connectivity index (χ3n) is 1.61. The molecule has 0 saturated carbocycles. The van der Waals surface area contributed by atoms with Crippen molar-refractivity contribution in [3.05, 3.63) is 35.6 Å². The van der Waals surface area contributed by atoms with Crippen molar-refractivity contribution in [1.29, 1.82) is 0 Å². The van der Waals surface area contributed by atoms with E-state index in [0.717, 1.165) is 10.6 Å². The van der Waals surface area contributed by atoms with Gasteiger partial charge in [-0.1, -0.05) is 12.1 Å². The first-order valence-corrected chi connectivity index (χ1v) is 3.83. The van der Waals surface area contributed by atoms with Gasteiger partial charge >= 0.3 is 0 Å². The molecule has 0 bridgehead atoms. The van der Waals surface area contributed by atoms with Crippen molar-refractivity contribution >= 4 is 0 Å². The van der Waals surface area contributed by atoms with Crippen molar-refractivity contribution < 1.29 is 9.60 Å². The highest BCUT2D eigenvalue weighted by Gasteiger charge is 1.96. The lowest BCUT2D eigenvalue weighted by atomic mass is 10.1. The molecule has 0 fully saturated rings. The van der Waals surface area contributed by atoms with Crippen molar-refractivity contribution in [2.24, 2.45) is 0 Å². The molecule has 0 amide bonds. The summed E-state index contributed by atoms with van der Waals surface area (Å²) in [6.07, 6.45) is 0.658. The van der Waals surface area contributed by atoms with E-state index in [9.17, 15) is 4.39 Å². The van der Waals surface area contributed by atoms with Gasteiger partial charge in [-0.3, -0.25) is 0 Å². The van der Waals surface area contributed by atoms with E-state index in [0.29, 0.717) is 13.0 Å². The Morgan fingerprint density at radius 1 is 1.50 bits per heavy atom. The number of hydrogen-bond acceptors (Lipinski definition) is 2. The maximum Gasteiger partial charge on any atom is 0.123 e. The lowest BCUT2D eigenvalue weighted by Crippen LogP contribution is -2.15. The van der Waals surface area contributed by atoms with Gasteiger partial charge in [0.15, 0.2) is 0 Å². The minimum absolute atomic E-state index is 0.229. The normalized spacial score (nSPS) is 10.7. The van der Waals surface area contributed by atoms with Crippen molar-refractivity contribution in [2.45, 2.75) is 6.42 Å². The van der Waals surface area contributed by atoms with E-state index in [1.807, 2.05) is 6.07 Å². The van der Waals surface area contributed by atoms with E-state index < -0.39 is 0 Å². The van der Waals surface area contributed by atoms with Crippen LogP contribution in [0.1, 0.15) is 5.56 Å². The van der Waals surface area contributed by atoms with Crippen LogP contribution in [0.3, 0.4) is 0 Å². The molecule has 12 heavy (non-hydrogen) atoms. The quantitative estimate of drug-likeness (QED) is 0.696. The molecule has 0 aliphatic rings. The minimum atomic E-state index is -0.229. The summed E-state index contributed by atoms with van der Waals surface area (Å²) in [6.45, 7) is 0.517. The van der Waals surface area contributed by atoms with E-state index in [4.69, 9.17) is 5.21 Å². The summed E-state index contributed by atoms with van der Waals surface area (Å²) in [4.78, 5) is 0. The number of rotatable bonds is 3. The molecule has 1 aromatic rings. The maximum atomic E-state index is 12.6. The molecule has 0 aliphatic heterocycles. The molecule has 0 spiro atoms. The third-order valence-corrected chi connectivity index (χ3v) is 1.61. The lowest BCUT2D eigenvalue weighted by Gasteiger charge is -2.07. The van der Waals surface area contributed by atoms with Gasteiger partial charge in [-0.05, 0) is 24.1 Å². The summed E-state index contributed by atoms with van der Waals surface area (Å²) in [7, 11) is 1.57. The zero-order valence-corrected chi connectivity index (χ0v) is 7.00. The summed E-state index contributed by atoms with van der Waals surface area (Å²) in [5.74, 6) is -0.229. The molecule has 0 aromatic heterocycles. The fraction of sp³-hybridized carbons (Fsp3) is 0.333. The average molecular weight is 169 g/mol. The van der Waals surface area contributed by atoms with Gasteiger partial charge in [0, 0.05) is 13.6 Å². The van der Waals surface area contributed by atoms with Crippen molar-refractivity contribution in [3.63, 3.8) is 0 Å². The molecule has 1 N–H and O–H groups in total. The second kappa shape index (κ2) is 4.18. The largest absolute Gasteiger partial charge is 0.314 e. The highest BCUT2D eigenvalue weighted by atomic mass is 19.1. The molecule has 0 heterocycles. The van der Waals surface area contributed by atoms with Crippen LogP contribution in [0, 0.1) is 5.82 Å². The Morgan fingerprint density at radius 2 is 2.25 bits per heavy atom. The van der Waals surface area contributed by atoms with Crippen molar-refractivity contribution in [2.75, 3.05) is 13.6 Å². The molecule has 0 atom stereocenters. The first-order chi connectivity index (χ1) is 5.68. The summed E-state index contributed by atoms with van der Waals surface area (Å²) in [5, 5.41) is 9.91. The molecule has 0 aliphatic carbocycles. The molecule has 0 unspecified atom stereocenters. The maximum absolute atomic E-state index is 12.6. The third kappa shape index (κ3) is 2.98. The van der Waals surface area contributed by atoms with Crippen LogP contribution < -0.4 is 0 Å². The first kappa shape index (κ1) is 9.16. The molecule has 1 aromatic carbocycles. The highest BCUT2D eigenvalue weighted by molar-refractivity contribution is 5.16. The van der Waals surface area contributed by atoms with Gasteiger partial charge in [0.05, 0.1) is 0 Å². The summed E-state index contributed by atoms with van der Waals surface area (Å²) >= 11 is 0. The van der Waals surface area contributed by atoms with Crippen LogP contribution in [0.2, 0.25) is 0 Å². The van der Waals surface area contributed by atoms with E-state index in [2.05, 4.69) is 0 Å². The second-order valence-electron chi connectivity index (χ2n) is 2.76. The van der Waals surface area contributed by atoms with Crippen LogP contribution in [0.25, 0.3) is 0 Å². The van der Waals surface area contributed by atoms with Gasteiger partial charge in [0.25, 0.3) is 0 Å². The Kier molecular flexibility index (Phi) is 3.19. The van der Waals surface area contributed by atoms with E-state index >= 15 is 0 Å². The number of hydroxylamine groups is 2. The van der Waals surface area contributed by atoms with Crippen molar-refractivity contribution in [1.82, 2.24) is 5.06 Å². The Morgan fingerprint density at radius 3 is 2.83 bits per heavy atom. The van der Waals surface area contributed by atoms with Gasteiger partial charge in [-0.25, -0.2) is 4.39 Å². The lowest BCUT2D eigenvalue weighted by molar-refractivity contribution is -0.0634. The summed E-state index contributed by atoms with van der Waals surface area (Å²) in [5.41, 5.74) is 0.899. The Bertz CT molecular complexity index is 250. The molecule has 2 nitrogen and oxygen atoms in total. The van der Waals surface area contributed by atoms with E-state index in [1.54, 1.807) is 13.1 Å². The van der Waals surface area contributed by atoms with Gasteiger partial charge < -0.3 is 5.21 Å². The Hall–Kier alpha value is -0.930. The molecule has 0 radical (unpaired) electrons. The average Bonchev–Trinajstić information content (AvgIpc) is 2.01. The Labute approximate surface area is 71.2 Å². The van der Waals surface area contributed by atoms with Crippen LogP contribution in [0.4, 0.5) is 4.39 Å². The zero-order valence-electron chi connectivity index (χ0n) is 7.00. The van der Waals surface area contributed by atoms with Gasteiger partial charge in [-0.15, -0.1) is 0 Å². The SMILES string of the molecule is CN(O)CCc1cccc(F)c1. The molecule has 66 valence electrons. The van der Waals surface area contributed by atoms with Gasteiger partial charge in [0.2, 0.25) is 0 Å². The van der Waals surface area contributed by atoms with E-state index in [1.165, 1.54) is 12.1 Å². The number of likely N-dealkylation sites (N-methyl/N-ethyl adjacent to an activating group) is 1. The number of nitrogens with zero attached hydrogens (tertiary/aromatic N) is 1. The number of hydrogen-bond donors (Lipinski definition) is 1. The molecule has 3 heteroatoms. The molecular formula is C9H12FNO. The van der Waals surface area contributed by atoms with Crippen LogP contribution in [0.15, 0.2) is 24.3 Å². The summed E-state index contributed by atoms with van der Waals surface area (Å²) < 4.78 is 12.6. The minimum Gasteiger partial charge on any atom is -0.314 e. The van der Waals surface area contributed by atoms with Crippen LogP contribution in [-0.2, 0) is 6.42 Å². The second-order valence-corrected chi connectivity index (χ2v) is 2.76. The summed E-state index contributed by atoms with van der Waals surface area (Å²) in [6, 6.07) is 6.39. The van der Waals surface area contributed by atoms with Crippen LogP contribution in [0.5, 0.6) is 0 Å². The molecule has 1 rings (SSSR count). The topological polar surface area (TPSA) is 23.5 Å². The predicted octanol–water partition coefficient (Wildman–Crippen LogP) is 1.69. The Balaban J connectivity index is 2.52. The zero-order chi connectivity index (χ0) is 8.97. The monoisotopic (exact) mass is 169 g/mol. The van der Waals surface area contributed by atoms with E-state index in [-0.39, 0.29) is 5.82 Å². The van der Waals surface area contributed by atoms with Crippen LogP contribution >= 0.6 is 0 Å².